The lowest BCUT2D eigenvalue weighted by Crippen LogP contribution is -2.63. The Balaban J connectivity index is 1.72. The molecule has 168 valence electrons. The number of fused-ring (bicyclic) bond motifs is 6. The van der Waals surface area contributed by atoms with Crippen LogP contribution in [0.4, 0.5) is 4.39 Å². The summed E-state index contributed by atoms with van der Waals surface area (Å²) in [5.74, 6) is -1.30. The van der Waals surface area contributed by atoms with Crippen molar-refractivity contribution in [3.05, 3.63) is 97.7 Å². The van der Waals surface area contributed by atoms with Gasteiger partial charge in [-0.2, -0.15) is 0 Å². The lowest BCUT2D eigenvalue weighted by Gasteiger charge is -2.50. The molecule has 6 nitrogen and oxygen atoms in total. The number of hydrogen-bond donors (Lipinski definition) is 1. The number of carbonyl (C=O) groups is 1. The van der Waals surface area contributed by atoms with Crippen LogP contribution in [0.25, 0.3) is 0 Å². The van der Waals surface area contributed by atoms with Crippen LogP contribution in [0.5, 0.6) is 5.75 Å². The summed E-state index contributed by atoms with van der Waals surface area (Å²) in [6.45, 7) is 2.45. The van der Waals surface area contributed by atoms with E-state index in [1.807, 2.05) is 36.2 Å². The summed E-state index contributed by atoms with van der Waals surface area (Å²) in [6.07, 6.45) is 2.69. The summed E-state index contributed by atoms with van der Waals surface area (Å²) in [5, 5.41) is 13.3. The van der Waals surface area contributed by atoms with Gasteiger partial charge in [0.05, 0.1) is 0 Å². The minimum atomic E-state index is -0.817. The van der Waals surface area contributed by atoms with Crippen molar-refractivity contribution in [2.45, 2.75) is 25.3 Å². The number of nitrogens with zero attached hydrogens (tertiary/aromatic N) is 3. The molecule has 0 bridgehead atoms. The zero-order valence-electron chi connectivity index (χ0n) is 17.9. The molecule has 2 unspecified atom stereocenters. The Kier molecular flexibility index (Phi) is 4.21. The lowest BCUT2D eigenvalue weighted by atomic mass is 9.81. The fourth-order valence-corrected chi connectivity index (χ4v) is 6.32. The Labute approximate surface area is 194 Å². The third kappa shape index (κ3) is 2.43. The summed E-state index contributed by atoms with van der Waals surface area (Å²) in [4.78, 5) is 27.0. The van der Waals surface area contributed by atoms with Gasteiger partial charge in [0.15, 0.2) is 11.4 Å². The molecule has 0 saturated heterocycles. The predicted octanol–water partition coefficient (Wildman–Crippen LogP) is 3.39. The van der Waals surface area contributed by atoms with E-state index in [1.54, 1.807) is 15.6 Å². The highest BCUT2D eigenvalue weighted by Gasteiger charge is 2.59. The van der Waals surface area contributed by atoms with Gasteiger partial charge in [0.2, 0.25) is 5.43 Å². The molecule has 2 heterocycles. The standard InChI is InChI=1S/C25H21ClFN3O3/c1-2-28-13-30(29-10-9-21(31)23(32)22(29)24(28)33)25-14(11-15-17(25)5-3-7-19(15)26)12-16-18(25)6-4-8-20(16)27/h3-10,14,32H,2,11-13H2,1H3. The van der Waals surface area contributed by atoms with Crippen molar-refractivity contribution < 1.29 is 14.3 Å². The molecule has 0 fully saturated rings. The molecule has 0 radical (unpaired) electrons. The topological polar surface area (TPSA) is 65.8 Å². The zero-order valence-corrected chi connectivity index (χ0v) is 18.6. The van der Waals surface area contributed by atoms with Crippen molar-refractivity contribution >= 4 is 17.5 Å². The van der Waals surface area contributed by atoms with E-state index in [9.17, 15) is 14.7 Å². The van der Waals surface area contributed by atoms with E-state index in [2.05, 4.69) is 0 Å². The second-order valence-corrected chi connectivity index (χ2v) is 9.23. The molecular weight excluding hydrogens is 445 g/mol. The summed E-state index contributed by atoms with van der Waals surface area (Å²) in [6, 6.07) is 12.1. The SMILES string of the molecule is CCN1CN(C23c4cccc(F)c4CC2Cc2c(Cl)cccc23)n2ccc(=O)c(O)c2C1=O. The normalized spacial score (nSPS) is 22.8. The highest BCUT2D eigenvalue weighted by molar-refractivity contribution is 6.31. The van der Waals surface area contributed by atoms with Crippen LogP contribution in [0.1, 0.15) is 39.7 Å². The van der Waals surface area contributed by atoms with Crippen molar-refractivity contribution in [3.63, 3.8) is 0 Å². The first-order chi connectivity index (χ1) is 15.9. The molecule has 2 aliphatic carbocycles. The molecule has 1 aliphatic heterocycles. The minimum Gasteiger partial charge on any atom is -0.502 e. The van der Waals surface area contributed by atoms with E-state index in [4.69, 9.17) is 11.6 Å². The molecule has 2 aromatic carbocycles. The monoisotopic (exact) mass is 465 g/mol. The average Bonchev–Trinajstić information content (AvgIpc) is 3.30. The van der Waals surface area contributed by atoms with Crippen LogP contribution in [-0.2, 0) is 18.4 Å². The number of hydrogen-bond acceptors (Lipinski definition) is 4. The van der Waals surface area contributed by atoms with E-state index in [0.717, 1.165) is 16.7 Å². The molecule has 8 heteroatoms. The highest BCUT2D eigenvalue weighted by Crippen LogP contribution is 2.58. The first-order valence-corrected chi connectivity index (χ1v) is 11.3. The maximum atomic E-state index is 15.0. The van der Waals surface area contributed by atoms with E-state index in [1.165, 1.54) is 18.3 Å². The summed E-state index contributed by atoms with van der Waals surface area (Å²) < 4.78 is 16.6. The quantitative estimate of drug-likeness (QED) is 0.630. The van der Waals surface area contributed by atoms with Gasteiger partial charge in [-0.1, -0.05) is 35.9 Å². The van der Waals surface area contributed by atoms with Crippen LogP contribution in [-0.4, -0.2) is 33.8 Å². The fourth-order valence-electron chi connectivity index (χ4n) is 6.07. The maximum absolute atomic E-state index is 15.0. The van der Waals surface area contributed by atoms with Crippen LogP contribution in [0.15, 0.2) is 53.5 Å². The number of carbonyl (C=O) groups excluding carboxylic acids is 1. The number of pyridine rings is 1. The molecule has 1 amide bonds. The van der Waals surface area contributed by atoms with Crippen LogP contribution < -0.4 is 10.4 Å². The number of halogens is 2. The first kappa shape index (κ1) is 20.3. The van der Waals surface area contributed by atoms with Gasteiger partial charge in [0.25, 0.3) is 5.91 Å². The molecule has 3 aliphatic rings. The first-order valence-electron chi connectivity index (χ1n) is 11.0. The molecule has 1 N–H and O–H groups in total. The molecular formula is C25H21ClFN3O3. The van der Waals surface area contributed by atoms with Gasteiger partial charge < -0.3 is 10.0 Å². The van der Waals surface area contributed by atoms with Gasteiger partial charge in [-0.3, -0.25) is 19.3 Å². The number of benzene rings is 2. The molecule has 33 heavy (non-hydrogen) atoms. The Hall–Kier alpha value is -3.32. The van der Waals surface area contributed by atoms with Gasteiger partial charge >= 0.3 is 0 Å². The molecule has 0 saturated carbocycles. The molecule has 6 rings (SSSR count). The largest absolute Gasteiger partial charge is 0.502 e. The summed E-state index contributed by atoms with van der Waals surface area (Å²) in [7, 11) is 0. The Morgan fingerprint density at radius 2 is 1.79 bits per heavy atom. The smallest absolute Gasteiger partial charge is 0.277 e. The van der Waals surface area contributed by atoms with Crippen molar-refractivity contribution in [2.75, 3.05) is 18.2 Å². The van der Waals surface area contributed by atoms with E-state index in [0.29, 0.717) is 30.0 Å². The molecule has 3 aromatic rings. The number of amides is 1. The lowest BCUT2D eigenvalue weighted by molar-refractivity contribution is 0.0658. The van der Waals surface area contributed by atoms with Crippen molar-refractivity contribution in [1.82, 2.24) is 9.58 Å². The number of aromatic nitrogens is 1. The second kappa shape index (κ2) is 6.84. The van der Waals surface area contributed by atoms with E-state index >= 15 is 4.39 Å². The second-order valence-electron chi connectivity index (χ2n) is 8.83. The average molecular weight is 466 g/mol. The number of rotatable bonds is 2. The highest BCUT2D eigenvalue weighted by atomic mass is 35.5. The van der Waals surface area contributed by atoms with Crippen LogP contribution in [0, 0.1) is 11.7 Å². The minimum absolute atomic E-state index is 0.0411. The third-order valence-electron chi connectivity index (χ3n) is 7.45. The number of aromatic hydroxyl groups is 1. The van der Waals surface area contributed by atoms with Gasteiger partial charge in [-0.15, -0.1) is 0 Å². The van der Waals surface area contributed by atoms with Gasteiger partial charge in [-0.25, -0.2) is 4.39 Å². The Morgan fingerprint density at radius 1 is 1.09 bits per heavy atom. The fraction of sp³-hybridized carbons (Fsp3) is 0.280. The zero-order chi connectivity index (χ0) is 23.1. The van der Waals surface area contributed by atoms with E-state index < -0.39 is 22.6 Å². The molecule has 0 spiro atoms. The van der Waals surface area contributed by atoms with Crippen molar-refractivity contribution in [1.29, 1.82) is 0 Å². The van der Waals surface area contributed by atoms with Crippen LogP contribution in [0.2, 0.25) is 5.02 Å². The van der Waals surface area contributed by atoms with E-state index in [-0.39, 0.29) is 24.1 Å². The Bertz CT molecular complexity index is 1350. The van der Waals surface area contributed by atoms with Crippen molar-refractivity contribution in [3.8, 4) is 5.75 Å². The third-order valence-corrected chi connectivity index (χ3v) is 7.80. The van der Waals surface area contributed by atoms with Crippen LogP contribution >= 0.6 is 11.6 Å². The Morgan fingerprint density at radius 3 is 2.55 bits per heavy atom. The molecule has 2 atom stereocenters. The van der Waals surface area contributed by atoms with Gasteiger partial charge in [-0.05, 0) is 54.2 Å². The summed E-state index contributed by atoms with van der Waals surface area (Å²) >= 11 is 6.62. The van der Waals surface area contributed by atoms with Crippen LogP contribution in [0.3, 0.4) is 0 Å². The van der Waals surface area contributed by atoms with Crippen molar-refractivity contribution in [2.24, 2.45) is 5.92 Å². The maximum Gasteiger partial charge on any atom is 0.277 e. The molecule has 1 aromatic heterocycles. The van der Waals surface area contributed by atoms with Gasteiger partial charge in [0.1, 0.15) is 18.0 Å². The van der Waals surface area contributed by atoms with Gasteiger partial charge in [0, 0.05) is 29.7 Å². The summed E-state index contributed by atoms with van der Waals surface area (Å²) in [5.41, 5.74) is 1.92. The predicted molar refractivity (Wildman–Crippen MR) is 122 cm³/mol.